The molecule has 1 saturated heterocycles. The summed E-state index contributed by atoms with van der Waals surface area (Å²) < 4.78 is 20.9. The zero-order valence-electron chi connectivity index (χ0n) is 20.8. The van der Waals surface area contributed by atoms with Gasteiger partial charge in [-0.3, -0.25) is 14.0 Å². The van der Waals surface area contributed by atoms with Gasteiger partial charge in [0.25, 0.3) is 11.5 Å². The number of rotatable bonds is 8. The molecule has 2 bridgehead atoms. The number of carbonyl (C=O) groups excluding carboxylic acids is 1. The number of imidazole rings is 1. The molecule has 0 radical (unpaired) electrons. The minimum absolute atomic E-state index is 0.186. The molecular weight excluding hydrogens is 462 g/mol. The second kappa shape index (κ2) is 8.41. The maximum absolute atomic E-state index is 13.4. The number of nitrogens with zero attached hydrogens (tertiary/aromatic N) is 4. The highest BCUT2D eigenvalue weighted by molar-refractivity contribution is 6.05. The van der Waals surface area contributed by atoms with Gasteiger partial charge in [-0.2, -0.15) is 4.98 Å². The largest absolute Gasteiger partial charge is 0.474 e. The van der Waals surface area contributed by atoms with Gasteiger partial charge >= 0.3 is 0 Å². The van der Waals surface area contributed by atoms with Crippen LogP contribution in [0.25, 0.3) is 5.78 Å². The fourth-order valence-electron chi connectivity index (χ4n) is 5.59. The Morgan fingerprint density at radius 1 is 1.28 bits per heavy atom. The molecule has 3 aliphatic rings. The van der Waals surface area contributed by atoms with Crippen molar-refractivity contribution in [3.63, 3.8) is 0 Å². The van der Waals surface area contributed by atoms with E-state index in [2.05, 4.69) is 10.3 Å². The molecule has 0 aromatic carbocycles. The van der Waals surface area contributed by atoms with Gasteiger partial charge in [0.2, 0.25) is 11.7 Å². The third-order valence-electron chi connectivity index (χ3n) is 7.49. The van der Waals surface area contributed by atoms with Crippen LogP contribution in [-0.2, 0) is 14.9 Å². The number of pyridine rings is 1. The van der Waals surface area contributed by atoms with Crippen molar-refractivity contribution in [2.24, 2.45) is 0 Å². The van der Waals surface area contributed by atoms with Crippen molar-refractivity contribution >= 4 is 17.4 Å². The molecule has 190 valence electrons. The number of methoxy groups -OCH3 is 1. The van der Waals surface area contributed by atoms with Gasteiger partial charge in [0.15, 0.2) is 0 Å². The lowest BCUT2D eigenvalue weighted by Gasteiger charge is -2.27. The monoisotopic (exact) mass is 493 g/mol. The van der Waals surface area contributed by atoms with E-state index in [1.807, 2.05) is 20.0 Å². The van der Waals surface area contributed by atoms with Crippen LogP contribution >= 0.6 is 0 Å². The van der Waals surface area contributed by atoms with Crippen molar-refractivity contribution in [1.29, 1.82) is 0 Å². The van der Waals surface area contributed by atoms with E-state index >= 15 is 0 Å². The van der Waals surface area contributed by atoms with Crippen molar-refractivity contribution in [3.05, 3.63) is 52.3 Å². The number of hydrogen-bond donors (Lipinski definition) is 1. The molecule has 2 atom stereocenters. The fourth-order valence-corrected chi connectivity index (χ4v) is 5.59. The van der Waals surface area contributed by atoms with Gasteiger partial charge in [0.1, 0.15) is 11.3 Å². The Bertz CT molecular complexity index is 1380. The van der Waals surface area contributed by atoms with Gasteiger partial charge in [-0.15, -0.1) is 0 Å². The van der Waals surface area contributed by atoms with Crippen LogP contribution in [0.3, 0.4) is 0 Å². The zero-order chi connectivity index (χ0) is 25.1. The third-order valence-corrected chi connectivity index (χ3v) is 7.49. The quantitative estimate of drug-likeness (QED) is 0.514. The van der Waals surface area contributed by atoms with E-state index in [1.165, 1.54) is 0 Å². The summed E-state index contributed by atoms with van der Waals surface area (Å²) in [6, 6.07) is 3.61. The summed E-state index contributed by atoms with van der Waals surface area (Å²) in [5.74, 6) is 0.188. The second-order valence-electron chi connectivity index (χ2n) is 10.6. The smallest absolute Gasteiger partial charge is 0.274 e. The molecule has 10 nitrogen and oxygen atoms in total. The lowest BCUT2D eigenvalue weighted by Crippen LogP contribution is -2.32. The van der Waals surface area contributed by atoms with Crippen molar-refractivity contribution < 1.29 is 19.0 Å². The van der Waals surface area contributed by atoms with Crippen LogP contribution in [0.4, 0.5) is 5.69 Å². The normalized spacial score (nSPS) is 25.1. The summed E-state index contributed by atoms with van der Waals surface area (Å²) in [6.45, 7) is 4.90. The lowest BCUT2D eigenvalue weighted by atomic mass is 9.84. The van der Waals surface area contributed by atoms with E-state index in [9.17, 15) is 9.59 Å². The molecule has 1 N–H and O–H groups in total. The molecule has 2 unspecified atom stereocenters. The Hall–Kier alpha value is -3.24. The van der Waals surface area contributed by atoms with Crippen LogP contribution in [0.2, 0.25) is 0 Å². The van der Waals surface area contributed by atoms with Gasteiger partial charge in [0.05, 0.1) is 30.6 Å². The van der Waals surface area contributed by atoms with Crippen LogP contribution in [0.5, 0.6) is 5.88 Å². The van der Waals surface area contributed by atoms with E-state index in [0.29, 0.717) is 19.0 Å². The molecule has 10 heteroatoms. The standard InChI is InChI=1S/C26H31N5O5/c1-16(2)36-22-18(21(32)27-19-5-4-10-31(23(19)33)17-6-7-17)11-30-12-20(28-24(30)29-22)25-8-9-26(13-25,15-34-3)35-14-25/h4-5,10-12,16-17H,6-9,13-15H2,1-3H3,(H,27,32). The second-order valence-corrected chi connectivity index (χ2v) is 10.6. The Morgan fingerprint density at radius 3 is 2.81 bits per heavy atom. The van der Waals surface area contributed by atoms with Gasteiger partial charge in [-0.05, 0) is 58.1 Å². The fraction of sp³-hybridized carbons (Fsp3) is 0.538. The maximum atomic E-state index is 13.4. The van der Waals surface area contributed by atoms with E-state index in [-0.39, 0.29) is 45.9 Å². The van der Waals surface area contributed by atoms with E-state index < -0.39 is 5.91 Å². The molecule has 0 spiro atoms. The summed E-state index contributed by atoms with van der Waals surface area (Å²) in [7, 11) is 1.70. The minimum atomic E-state index is -0.455. The number of carbonyl (C=O) groups is 1. The minimum Gasteiger partial charge on any atom is -0.474 e. The first-order valence-corrected chi connectivity index (χ1v) is 12.5. The van der Waals surface area contributed by atoms with Crippen LogP contribution in [-0.4, -0.2) is 56.9 Å². The van der Waals surface area contributed by atoms with Gasteiger partial charge < -0.3 is 24.1 Å². The first-order chi connectivity index (χ1) is 17.3. The molecule has 3 aromatic rings. The van der Waals surface area contributed by atoms with Gasteiger partial charge in [-0.1, -0.05) is 0 Å². The van der Waals surface area contributed by atoms with Gasteiger partial charge in [-0.25, -0.2) is 4.98 Å². The average Bonchev–Trinajstić information content (AvgIpc) is 3.34. The molecular formula is C26H31N5O5. The Labute approximate surface area is 208 Å². The zero-order valence-corrected chi connectivity index (χ0v) is 20.8. The molecule has 2 saturated carbocycles. The average molecular weight is 494 g/mol. The SMILES string of the molecule is COCC12CCC(c3cn4cc(C(=O)Nc5cccn(C6CC6)c5=O)c(OC(C)C)nc4n3)(CO1)C2. The number of anilines is 1. The molecule has 4 heterocycles. The van der Waals surface area contributed by atoms with Crippen LogP contribution in [0.15, 0.2) is 35.5 Å². The molecule has 2 aliphatic carbocycles. The highest BCUT2D eigenvalue weighted by Gasteiger charge is 2.57. The predicted molar refractivity (Wildman–Crippen MR) is 132 cm³/mol. The van der Waals surface area contributed by atoms with E-state index in [1.54, 1.807) is 40.6 Å². The van der Waals surface area contributed by atoms with E-state index in [4.69, 9.17) is 19.2 Å². The third kappa shape index (κ3) is 3.88. The van der Waals surface area contributed by atoms with Gasteiger partial charge in [0, 0.05) is 37.2 Å². The van der Waals surface area contributed by atoms with Crippen LogP contribution in [0.1, 0.15) is 68.0 Å². The van der Waals surface area contributed by atoms with Crippen LogP contribution in [0, 0.1) is 0 Å². The Morgan fingerprint density at radius 2 is 2.11 bits per heavy atom. The topological polar surface area (TPSA) is 109 Å². The molecule has 3 aromatic heterocycles. The number of fused-ring (bicyclic) bond motifs is 3. The number of amides is 1. The Balaban J connectivity index is 1.34. The maximum Gasteiger partial charge on any atom is 0.274 e. The molecule has 1 aliphatic heterocycles. The first kappa shape index (κ1) is 23.2. The van der Waals surface area contributed by atoms with E-state index in [0.717, 1.165) is 37.8 Å². The summed E-state index contributed by atoms with van der Waals surface area (Å²) in [5.41, 5.74) is 0.720. The molecule has 1 amide bonds. The highest BCUT2D eigenvalue weighted by Crippen LogP contribution is 2.54. The molecule has 6 rings (SSSR count). The van der Waals surface area contributed by atoms with Crippen molar-refractivity contribution in [2.75, 3.05) is 25.6 Å². The summed E-state index contributed by atoms with van der Waals surface area (Å²) in [4.78, 5) is 35.6. The number of hydrogen-bond acceptors (Lipinski definition) is 7. The van der Waals surface area contributed by atoms with Crippen molar-refractivity contribution in [2.45, 2.75) is 69.1 Å². The van der Waals surface area contributed by atoms with Crippen molar-refractivity contribution in [3.8, 4) is 5.88 Å². The lowest BCUT2D eigenvalue weighted by molar-refractivity contribution is -0.0659. The highest BCUT2D eigenvalue weighted by atomic mass is 16.5. The molecule has 36 heavy (non-hydrogen) atoms. The predicted octanol–water partition coefficient (Wildman–Crippen LogP) is 3.10. The number of aromatic nitrogens is 4. The summed E-state index contributed by atoms with van der Waals surface area (Å²) in [6.07, 6.45) is 9.87. The number of nitrogens with one attached hydrogen (secondary N) is 1. The van der Waals surface area contributed by atoms with Crippen LogP contribution < -0.4 is 15.6 Å². The summed E-state index contributed by atoms with van der Waals surface area (Å²) in [5, 5.41) is 2.77. The summed E-state index contributed by atoms with van der Waals surface area (Å²) >= 11 is 0. The molecule has 3 fully saturated rings. The number of ether oxygens (including phenoxy) is 3. The Kier molecular flexibility index (Phi) is 5.42. The first-order valence-electron chi connectivity index (χ1n) is 12.5. The van der Waals surface area contributed by atoms with Crippen molar-refractivity contribution in [1.82, 2.24) is 18.9 Å².